The molecule has 0 heterocycles. The van der Waals surface area contributed by atoms with Crippen LogP contribution >= 0.6 is 23.2 Å². The maximum Gasteiger partial charge on any atom is 0.407 e. The Morgan fingerprint density at radius 1 is 0.966 bits per heavy atom. The van der Waals surface area contributed by atoms with Crippen molar-refractivity contribution in [2.45, 2.75) is 5.92 Å². The zero-order valence-electron chi connectivity index (χ0n) is 15.4. The molecule has 5 heteroatoms. The number of rotatable bonds is 3. The summed E-state index contributed by atoms with van der Waals surface area (Å²) >= 11 is 12.0. The molecular weight excluding hydrogens is 405 g/mol. The first-order chi connectivity index (χ1) is 14.1. The molecule has 0 bridgehead atoms. The summed E-state index contributed by atoms with van der Waals surface area (Å²) in [7, 11) is 0. The van der Waals surface area contributed by atoms with Crippen molar-refractivity contribution in [2.24, 2.45) is 0 Å². The van der Waals surface area contributed by atoms with Gasteiger partial charge in [0.05, 0.1) is 11.6 Å². The molecule has 1 aliphatic carbocycles. The fourth-order valence-electron chi connectivity index (χ4n) is 3.50. The maximum absolute atomic E-state index is 12.1. The summed E-state index contributed by atoms with van der Waals surface area (Å²) in [6.07, 6.45) is -0.502. The number of fused-ring (bicyclic) bond motifs is 3. The Kier molecular flexibility index (Phi) is 5.76. The third kappa shape index (κ3) is 4.24. The van der Waals surface area contributed by atoms with Gasteiger partial charge in [-0.2, -0.15) is 0 Å². The van der Waals surface area contributed by atoms with Gasteiger partial charge in [-0.15, -0.1) is 0 Å². The van der Waals surface area contributed by atoms with Crippen LogP contribution in [0, 0.1) is 11.8 Å². The molecule has 0 aliphatic heterocycles. The number of carbonyl (C=O) groups excluding carboxylic acids is 1. The molecule has 3 aromatic rings. The number of halogens is 2. The van der Waals surface area contributed by atoms with Crippen LogP contribution in [0.4, 0.5) is 4.79 Å². The molecule has 0 saturated carbocycles. The zero-order chi connectivity index (χ0) is 20.2. The Hall–Kier alpha value is -2.93. The minimum atomic E-state index is -0.502. The van der Waals surface area contributed by atoms with Crippen molar-refractivity contribution in [3.63, 3.8) is 0 Å². The lowest BCUT2D eigenvalue weighted by Gasteiger charge is -2.14. The molecule has 1 amide bonds. The predicted molar refractivity (Wildman–Crippen MR) is 116 cm³/mol. The number of benzene rings is 3. The average molecular weight is 422 g/mol. The average Bonchev–Trinajstić information content (AvgIpc) is 3.06. The molecule has 0 saturated heterocycles. The second-order valence-corrected chi connectivity index (χ2v) is 7.45. The number of hydrogen-bond acceptors (Lipinski definition) is 2. The highest BCUT2D eigenvalue weighted by Gasteiger charge is 2.28. The van der Waals surface area contributed by atoms with Gasteiger partial charge >= 0.3 is 6.09 Å². The molecule has 1 N–H and O–H groups in total. The number of carbonyl (C=O) groups is 1. The summed E-state index contributed by atoms with van der Waals surface area (Å²) in [5.41, 5.74) is 5.37. The van der Waals surface area contributed by atoms with E-state index in [1.165, 1.54) is 22.3 Å². The van der Waals surface area contributed by atoms with Gasteiger partial charge in [0, 0.05) is 16.5 Å². The summed E-state index contributed by atoms with van der Waals surface area (Å²) in [5, 5.41) is 3.72. The molecular formula is C24H17Cl2NO2. The van der Waals surface area contributed by atoms with Crippen molar-refractivity contribution in [2.75, 3.05) is 13.2 Å². The van der Waals surface area contributed by atoms with Gasteiger partial charge in [-0.3, -0.25) is 0 Å². The first-order valence-electron chi connectivity index (χ1n) is 9.16. The minimum absolute atomic E-state index is 0.0319. The largest absolute Gasteiger partial charge is 0.449 e. The summed E-state index contributed by atoms with van der Waals surface area (Å²) in [4.78, 5) is 12.1. The monoisotopic (exact) mass is 421 g/mol. The van der Waals surface area contributed by atoms with Crippen LogP contribution in [0.5, 0.6) is 0 Å². The van der Waals surface area contributed by atoms with Gasteiger partial charge in [0.15, 0.2) is 0 Å². The van der Waals surface area contributed by atoms with E-state index in [-0.39, 0.29) is 19.1 Å². The Balaban J connectivity index is 1.36. The van der Waals surface area contributed by atoms with Crippen LogP contribution < -0.4 is 5.32 Å². The molecule has 3 aromatic carbocycles. The second kappa shape index (κ2) is 8.61. The first kappa shape index (κ1) is 19.4. The number of alkyl carbamates (subject to hydrolysis) is 1. The summed E-state index contributed by atoms with van der Waals surface area (Å²) in [5.74, 6) is 5.78. The molecule has 3 nitrogen and oxygen atoms in total. The van der Waals surface area contributed by atoms with Gasteiger partial charge in [-0.05, 0) is 40.5 Å². The number of ether oxygens (including phenoxy) is 1. The molecule has 29 heavy (non-hydrogen) atoms. The summed E-state index contributed by atoms with van der Waals surface area (Å²) < 4.78 is 5.47. The number of nitrogens with one attached hydrogen (secondary N) is 1. The van der Waals surface area contributed by atoms with Crippen LogP contribution in [-0.2, 0) is 4.74 Å². The first-order valence-corrected chi connectivity index (χ1v) is 9.92. The van der Waals surface area contributed by atoms with Crippen LogP contribution in [0.3, 0.4) is 0 Å². The van der Waals surface area contributed by atoms with Crippen molar-refractivity contribution in [3.8, 4) is 23.0 Å². The maximum atomic E-state index is 12.1. The minimum Gasteiger partial charge on any atom is -0.449 e. The van der Waals surface area contributed by atoms with Gasteiger partial charge in [0.2, 0.25) is 0 Å². The molecule has 0 aromatic heterocycles. The molecule has 4 rings (SSSR count). The molecule has 0 atom stereocenters. The third-order valence-corrected chi connectivity index (χ3v) is 5.38. The van der Waals surface area contributed by atoms with E-state index in [1.807, 2.05) is 24.3 Å². The quantitative estimate of drug-likeness (QED) is 0.535. The predicted octanol–water partition coefficient (Wildman–Crippen LogP) is 5.88. The van der Waals surface area contributed by atoms with E-state index < -0.39 is 6.09 Å². The standard InChI is InChI=1S/C24H17Cl2NO2/c25-17-11-12-23(26)16(14-17)6-5-13-27-24(28)29-15-22-20-9-3-1-7-18(20)19-8-2-4-10-21(19)22/h1-4,7-12,14,22H,13,15H2,(H,27,28). The van der Waals surface area contributed by atoms with Crippen molar-refractivity contribution >= 4 is 29.3 Å². The fourth-order valence-corrected chi connectivity index (χ4v) is 3.84. The van der Waals surface area contributed by atoms with E-state index in [2.05, 4.69) is 41.4 Å². The fraction of sp³-hybridized carbons (Fsp3) is 0.125. The second-order valence-electron chi connectivity index (χ2n) is 6.61. The number of hydrogen-bond donors (Lipinski definition) is 1. The van der Waals surface area contributed by atoms with Crippen molar-refractivity contribution < 1.29 is 9.53 Å². The Labute approximate surface area is 179 Å². The molecule has 0 fully saturated rings. The van der Waals surface area contributed by atoms with Crippen molar-refractivity contribution in [3.05, 3.63) is 93.5 Å². The highest BCUT2D eigenvalue weighted by Crippen LogP contribution is 2.44. The third-order valence-electron chi connectivity index (χ3n) is 4.82. The highest BCUT2D eigenvalue weighted by molar-refractivity contribution is 6.33. The number of amides is 1. The van der Waals surface area contributed by atoms with E-state index in [4.69, 9.17) is 27.9 Å². The van der Waals surface area contributed by atoms with E-state index in [0.717, 1.165) is 0 Å². The van der Waals surface area contributed by atoms with Crippen LogP contribution in [0.25, 0.3) is 11.1 Å². The molecule has 0 spiro atoms. The van der Waals surface area contributed by atoms with Crippen molar-refractivity contribution in [1.82, 2.24) is 5.32 Å². The zero-order valence-corrected chi connectivity index (χ0v) is 16.9. The Morgan fingerprint density at radius 2 is 1.62 bits per heavy atom. The van der Waals surface area contributed by atoms with Crippen LogP contribution in [0.2, 0.25) is 10.0 Å². The van der Waals surface area contributed by atoms with Gasteiger partial charge in [0.1, 0.15) is 6.61 Å². The molecule has 1 aliphatic rings. The lowest BCUT2D eigenvalue weighted by Crippen LogP contribution is -2.26. The highest BCUT2D eigenvalue weighted by atomic mass is 35.5. The van der Waals surface area contributed by atoms with E-state index in [1.54, 1.807) is 18.2 Å². The van der Waals surface area contributed by atoms with Crippen molar-refractivity contribution in [1.29, 1.82) is 0 Å². The van der Waals surface area contributed by atoms with Crippen LogP contribution in [0.1, 0.15) is 22.6 Å². The lowest BCUT2D eigenvalue weighted by atomic mass is 9.98. The molecule has 144 valence electrons. The van der Waals surface area contributed by atoms with Gasteiger partial charge in [-0.1, -0.05) is 83.6 Å². The SMILES string of the molecule is O=C(NCC#Cc1cc(Cl)ccc1Cl)OCC1c2ccccc2-c2ccccc21. The molecule has 0 unspecified atom stereocenters. The van der Waals surface area contributed by atoms with Gasteiger partial charge < -0.3 is 10.1 Å². The van der Waals surface area contributed by atoms with Gasteiger partial charge in [0.25, 0.3) is 0 Å². The lowest BCUT2D eigenvalue weighted by molar-refractivity contribution is 0.144. The summed E-state index contributed by atoms with van der Waals surface area (Å²) in [6.45, 7) is 0.424. The smallest absolute Gasteiger partial charge is 0.407 e. The van der Waals surface area contributed by atoms with E-state index in [9.17, 15) is 4.79 Å². The topological polar surface area (TPSA) is 38.3 Å². The Bertz CT molecular complexity index is 1090. The van der Waals surface area contributed by atoms with E-state index in [0.29, 0.717) is 15.6 Å². The molecule has 0 radical (unpaired) electrons. The van der Waals surface area contributed by atoms with Crippen LogP contribution in [0.15, 0.2) is 66.7 Å². The van der Waals surface area contributed by atoms with Gasteiger partial charge in [-0.25, -0.2) is 4.79 Å². The Morgan fingerprint density at radius 3 is 2.31 bits per heavy atom. The normalized spacial score (nSPS) is 11.8. The van der Waals surface area contributed by atoms with E-state index >= 15 is 0 Å². The summed E-state index contributed by atoms with van der Waals surface area (Å²) in [6, 6.07) is 21.5. The van der Waals surface area contributed by atoms with Crippen LogP contribution in [-0.4, -0.2) is 19.2 Å².